The van der Waals surface area contributed by atoms with Crippen LogP contribution < -0.4 is 5.32 Å². The van der Waals surface area contributed by atoms with Crippen molar-refractivity contribution in [3.63, 3.8) is 0 Å². The van der Waals surface area contributed by atoms with Crippen LogP contribution in [0.15, 0.2) is 54.6 Å². The summed E-state index contributed by atoms with van der Waals surface area (Å²) in [4.78, 5) is 0. The van der Waals surface area contributed by atoms with Crippen molar-refractivity contribution in [1.82, 2.24) is 0 Å². The molecule has 2 aromatic rings. The Morgan fingerprint density at radius 1 is 1.10 bits per heavy atom. The molecule has 1 aliphatic heterocycles. The predicted octanol–water partition coefficient (Wildman–Crippen LogP) is 5.31. The van der Waals surface area contributed by atoms with Crippen LogP contribution in [0, 0.1) is 11.7 Å². The molecule has 4 rings (SSSR count). The molecule has 3 heteroatoms. The summed E-state index contributed by atoms with van der Waals surface area (Å²) >= 11 is 5.98. The highest BCUT2D eigenvalue weighted by atomic mass is 35.5. The largest absolute Gasteiger partial charge is 0.375 e. The van der Waals surface area contributed by atoms with Crippen LogP contribution in [0.3, 0.4) is 0 Å². The average molecular weight is 300 g/mol. The maximum atomic E-state index is 14.2. The zero-order valence-corrected chi connectivity index (χ0v) is 12.1. The fourth-order valence-corrected chi connectivity index (χ4v) is 3.71. The zero-order valence-electron chi connectivity index (χ0n) is 11.4. The van der Waals surface area contributed by atoms with Crippen molar-refractivity contribution in [2.45, 2.75) is 18.4 Å². The van der Waals surface area contributed by atoms with Crippen molar-refractivity contribution < 1.29 is 4.39 Å². The molecule has 0 saturated carbocycles. The number of para-hydroxylation sites is 1. The minimum absolute atomic E-state index is 0.117. The second-order valence-electron chi connectivity index (χ2n) is 5.73. The molecule has 0 spiro atoms. The minimum atomic E-state index is -0.176. The summed E-state index contributed by atoms with van der Waals surface area (Å²) in [7, 11) is 0. The standard InChI is InChI=1S/C18H15ClFN/c19-12-9-7-11(8-10-12)17-14-4-1-3-13(14)15-5-2-6-16(20)18(15)21-17/h1-3,5-10,13-14,17,21H,4H2/t13-,14+,17+/m0/s1. The monoisotopic (exact) mass is 299 g/mol. The van der Waals surface area contributed by atoms with Gasteiger partial charge >= 0.3 is 0 Å². The Bertz CT molecular complexity index is 708. The van der Waals surface area contributed by atoms with E-state index in [-0.39, 0.29) is 17.8 Å². The number of fused-ring (bicyclic) bond motifs is 3. The lowest BCUT2D eigenvalue weighted by molar-refractivity contribution is 0.421. The SMILES string of the molecule is Fc1cccc2c1N[C@H](c1ccc(Cl)cc1)[C@@H]1CC=C[C@H]21. The number of benzene rings is 2. The highest BCUT2D eigenvalue weighted by Gasteiger charge is 2.38. The summed E-state index contributed by atoms with van der Waals surface area (Å²) in [5.41, 5.74) is 2.87. The lowest BCUT2D eigenvalue weighted by Crippen LogP contribution is -2.29. The van der Waals surface area contributed by atoms with Crippen molar-refractivity contribution in [2.75, 3.05) is 5.32 Å². The van der Waals surface area contributed by atoms with Gasteiger partial charge in [0.2, 0.25) is 0 Å². The van der Waals surface area contributed by atoms with E-state index in [1.165, 1.54) is 6.07 Å². The fourth-order valence-electron chi connectivity index (χ4n) is 3.58. The summed E-state index contributed by atoms with van der Waals surface area (Å²) in [5, 5.41) is 4.14. The maximum absolute atomic E-state index is 14.2. The highest BCUT2D eigenvalue weighted by molar-refractivity contribution is 6.30. The molecule has 0 fully saturated rings. The van der Waals surface area contributed by atoms with Crippen molar-refractivity contribution in [1.29, 1.82) is 0 Å². The quantitative estimate of drug-likeness (QED) is 0.704. The first-order chi connectivity index (χ1) is 10.2. The Morgan fingerprint density at radius 2 is 1.90 bits per heavy atom. The molecular weight excluding hydrogens is 285 g/mol. The molecule has 1 aliphatic carbocycles. The molecule has 1 N–H and O–H groups in total. The Hall–Kier alpha value is -1.80. The van der Waals surface area contributed by atoms with Crippen molar-refractivity contribution in [3.05, 3.63) is 76.6 Å². The molecule has 2 aromatic carbocycles. The molecule has 1 heterocycles. The number of allylic oxidation sites excluding steroid dienone is 2. The second kappa shape index (κ2) is 4.88. The first-order valence-electron chi connectivity index (χ1n) is 7.21. The average Bonchev–Trinajstić information content (AvgIpc) is 2.98. The smallest absolute Gasteiger partial charge is 0.146 e. The normalized spacial score (nSPS) is 26.1. The second-order valence-corrected chi connectivity index (χ2v) is 6.17. The summed E-state index contributed by atoms with van der Waals surface area (Å²) in [6, 6.07) is 13.3. The molecule has 3 atom stereocenters. The van der Waals surface area contributed by atoms with Crippen LogP contribution in [-0.2, 0) is 0 Å². The van der Waals surface area contributed by atoms with Gasteiger partial charge in [0, 0.05) is 10.9 Å². The van der Waals surface area contributed by atoms with Crippen LogP contribution >= 0.6 is 11.6 Å². The van der Waals surface area contributed by atoms with E-state index < -0.39 is 0 Å². The van der Waals surface area contributed by atoms with Crippen LogP contribution in [0.25, 0.3) is 0 Å². The lowest BCUT2D eigenvalue weighted by atomic mass is 9.77. The third-order valence-corrected chi connectivity index (χ3v) is 4.83. The lowest BCUT2D eigenvalue weighted by Gasteiger charge is -2.37. The molecule has 106 valence electrons. The first-order valence-corrected chi connectivity index (χ1v) is 7.59. The predicted molar refractivity (Wildman–Crippen MR) is 84.2 cm³/mol. The van der Waals surface area contributed by atoms with Gasteiger partial charge in [0.25, 0.3) is 0 Å². The van der Waals surface area contributed by atoms with E-state index >= 15 is 0 Å². The Labute approximate surface area is 128 Å². The van der Waals surface area contributed by atoms with E-state index in [4.69, 9.17) is 11.6 Å². The van der Waals surface area contributed by atoms with Gasteiger partial charge < -0.3 is 5.32 Å². The molecule has 0 radical (unpaired) electrons. The van der Waals surface area contributed by atoms with Gasteiger partial charge in [0.15, 0.2) is 0 Å². The highest BCUT2D eigenvalue weighted by Crippen LogP contribution is 2.50. The molecule has 0 amide bonds. The van der Waals surface area contributed by atoms with Crippen molar-refractivity contribution in [3.8, 4) is 0 Å². The van der Waals surface area contributed by atoms with Gasteiger partial charge in [-0.05, 0) is 41.7 Å². The van der Waals surface area contributed by atoms with Crippen LogP contribution in [-0.4, -0.2) is 0 Å². The molecule has 0 aromatic heterocycles. The molecule has 0 bridgehead atoms. The summed E-state index contributed by atoms with van der Waals surface area (Å²) < 4.78 is 14.2. The number of hydrogen-bond acceptors (Lipinski definition) is 1. The molecular formula is C18H15ClFN. The van der Waals surface area contributed by atoms with Crippen molar-refractivity contribution in [2.24, 2.45) is 5.92 Å². The van der Waals surface area contributed by atoms with E-state index in [0.29, 0.717) is 11.6 Å². The van der Waals surface area contributed by atoms with Crippen molar-refractivity contribution >= 4 is 17.3 Å². The van der Waals surface area contributed by atoms with Crippen LogP contribution in [0.5, 0.6) is 0 Å². The topological polar surface area (TPSA) is 12.0 Å². The molecule has 0 unspecified atom stereocenters. The number of nitrogens with one attached hydrogen (secondary N) is 1. The number of hydrogen-bond donors (Lipinski definition) is 1. The van der Waals surface area contributed by atoms with Gasteiger partial charge in [-0.1, -0.05) is 48.0 Å². The number of rotatable bonds is 1. The van der Waals surface area contributed by atoms with Gasteiger partial charge in [-0.3, -0.25) is 0 Å². The third kappa shape index (κ3) is 2.06. The first kappa shape index (κ1) is 12.9. The van der Waals surface area contributed by atoms with E-state index in [2.05, 4.69) is 17.5 Å². The van der Waals surface area contributed by atoms with E-state index in [0.717, 1.165) is 22.6 Å². The third-order valence-electron chi connectivity index (χ3n) is 4.58. The molecule has 2 aliphatic rings. The maximum Gasteiger partial charge on any atom is 0.146 e. The number of anilines is 1. The van der Waals surface area contributed by atoms with Gasteiger partial charge in [0.1, 0.15) is 5.82 Å². The van der Waals surface area contributed by atoms with Crippen LogP contribution in [0.1, 0.15) is 29.5 Å². The summed E-state index contributed by atoms with van der Waals surface area (Å²) in [6.07, 6.45) is 5.44. The molecule has 0 saturated heterocycles. The Morgan fingerprint density at radius 3 is 2.71 bits per heavy atom. The van der Waals surface area contributed by atoms with E-state index in [1.54, 1.807) is 6.07 Å². The Kier molecular flexibility index (Phi) is 3.00. The molecule has 21 heavy (non-hydrogen) atoms. The van der Waals surface area contributed by atoms with Crippen LogP contribution in [0.2, 0.25) is 5.02 Å². The fraction of sp³-hybridized carbons (Fsp3) is 0.222. The van der Waals surface area contributed by atoms with Gasteiger partial charge in [-0.2, -0.15) is 0 Å². The van der Waals surface area contributed by atoms with Gasteiger partial charge in [-0.25, -0.2) is 4.39 Å². The van der Waals surface area contributed by atoms with E-state index in [9.17, 15) is 4.39 Å². The Balaban J connectivity index is 1.81. The number of halogens is 2. The minimum Gasteiger partial charge on any atom is -0.375 e. The zero-order chi connectivity index (χ0) is 14.4. The summed E-state index contributed by atoms with van der Waals surface area (Å²) in [6.45, 7) is 0. The van der Waals surface area contributed by atoms with Gasteiger partial charge in [0.05, 0.1) is 11.7 Å². The van der Waals surface area contributed by atoms with E-state index in [1.807, 2.05) is 30.3 Å². The molecule has 1 nitrogen and oxygen atoms in total. The van der Waals surface area contributed by atoms with Crippen LogP contribution in [0.4, 0.5) is 10.1 Å². The van der Waals surface area contributed by atoms with Gasteiger partial charge in [-0.15, -0.1) is 0 Å². The summed E-state index contributed by atoms with van der Waals surface area (Å²) in [5.74, 6) is 0.545.